The Labute approximate surface area is 156 Å². The van der Waals surface area contributed by atoms with Crippen LogP contribution in [0.15, 0.2) is 49.1 Å². The van der Waals surface area contributed by atoms with Crippen LogP contribution in [-0.4, -0.2) is 25.4 Å². The zero-order chi connectivity index (χ0) is 19.0. The highest BCUT2D eigenvalue weighted by atomic mass is 32.1. The highest BCUT2D eigenvalue weighted by Gasteiger charge is 2.25. The lowest BCUT2D eigenvalue weighted by molar-refractivity contribution is 0.0972. The number of amides is 1. The number of anilines is 1. The molecule has 9 heteroatoms. The summed E-state index contributed by atoms with van der Waals surface area (Å²) < 4.78 is 29.5. The lowest BCUT2D eigenvalue weighted by Crippen LogP contribution is -2.32. The van der Waals surface area contributed by atoms with E-state index in [4.69, 9.17) is 0 Å². The number of thiazole rings is 1. The summed E-state index contributed by atoms with van der Waals surface area (Å²) in [5.41, 5.74) is 0.797. The lowest BCUT2D eigenvalue weighted by atomic mass is 10.2. The van der Waals surface area contributed by atoms with Crippen LogP contribution in [0.5, 0.6) is 0 Å². The summed E-state index contributed by atoms with van der Waals surface area (Å²) in [6, 6.07) is 5.55. The van der Waals surface area contributed by atoms with Gasteiger partial charge in [0.05, 0.1) is 11.2 Å². The first-order valence-corrected chi connectivity index (χ1v) is 8.78. The van der Waals surface area contributed by atoms with Crippen LogP contribution in [0, 0.1) is 11.6 Å². The third kappa shape index (κ3) is 3.28. The number of carbonyl (C=O) groups is 1. The predicted molar refractivity (Wildman–Crippen MR) is 97.5 cm³/mol. The molecule has 3 heterocycles. The monoisotopic (exact) mass is 385 g/mol. The number of pyridine rings is 1. The van der Waals surface area contributed by atoms with E-state index in [-0.39, 0.29) is 23.0 Å². The van der Waals surface area contributed by atoms with Crippen molar-refractivity contribution in [3.63, 3.8) is 0 Å². The summed E-state index contributed by atoms with van der Waals surface area (Å²) in [5.74, 6) is -1.64. The van der Waals surface area contributed by atoms with Gasteiger partial charge >= 0.3 is 0 Å². The van der Waals surface area contributed by atoms with E-state index in [1.165, 1.54) is 17.2 Å². The molecule has 0 spiro atoms. The van der Waals surface area contributed by atoms with E-state index < -0.39 is 17.5 Å². The molecule has 0 saturated carbocycles. The molecule has 0 aliphatic heterocycles. The van der Waals surface area contributed by atoms with Crippen LogP contribution in [0.3, 0.4) is 0 Å². The second-order valence-corrected chi connectivity index (χ2v) is 6.85. The van der Waals surface area contributed by atoms with Crippen molar-refractivity contribution in [2.75, 3.05) is 4.90 Å². The second kappa shape index (κ2) is 6.84. The lowest BCUT2D eigenvalue weighted by Gasteiger charge is -2.19. The smallest absolute Gasteiger partial charge is 0.296 e. The molecule has 27 heavy (non-hydrogen) atoms. The van der Waals surface area contributed by atoms with E-state index in [2.05, 4.69) is 15.0 Å². The van der Waals surface area contributed by atoms with Crippen molar-refractivity contribution >= 4 is 32.6 Å². The van der Waals surface area contributed by atoms with Crippen molar-refractivity contribution in [2.24, 2.45) is 7.05 Å². The van der Waals surface area contributed by atoms with Crippen LogP contribution in [0.4, 0.5) is 13.9 Å². The van der Waals surface area contributed by atoms with E-state index in [1.807, 2.05) is 6.07 Å². The summed E-state index contributed by atoms with van der Waals surface area (Å²) in [6.45, 7) is 0.170. The molecule has 0 fully saturated rings. The number of benzene rings is 1. The summed E-state index contributed by atoms with van der Waals surface area (Å²) >= 11 is 1.04. The van der Waals surface area contributed by atoms with E-state index >= 15 is 0 Å². The number of aromatic nitrogens is 4. The first-order valence-electron chi connectivity index (χ1n) is 7.96. The van der Waals surface area contributed by atoms with E-state index in [0.717, 1.165) is 23.0 Å². The molecule has 0 unspecified atom stereocenters. The third-order valence-corrected chi connectivity index (χ3v) is 4.98. The molecular formula is C18H13F2N5OS. The van der Waals surface area contributed by atoms with Gasteiger partial charge in [0.25, 0.3) is 5.91 Å². The number of imidazole rings is 1. The summed E-state index contributed by atoms with van der Waals surface area (Å²) in [6.07, 6.45) is 6.43. The normalized spacial score (nSPS) is 11.1. The molecule has 6 nitrogen and oxygen atoms in total. The molecule has 136 valence electrons. The Bertz CT molecular complexity index is 1130. The van der Waals surface area contributed by atoms with Crippen molar-refractivity contribution in [2.45, 2.75) is 6.54 Å². The van der Waals surface area contributed by atoms with Crippen molar-refractivity contribution in [1.82, 2.24) is 19.5 Å². The zero-order valence-electron chi connectivity index (χ0n) is 14.1. The van der Waals surface area contributed by atoms with Crippen LogP contribution in [-0.2, 0) is 13.6 Å². The van der Waals surface area contributed by atoms with Gasteiger partial charge in [-0.15, -0.1) is 0 Å². The molecule has 4 aromatic rings. The number of hydrogen-bond acceptors (Lipinski definition) is 5. The minimum absolute atomic E-state index is 0.0280. The molecule has 0 bridgehead atoms. The average Bonchev–Trinajstić information content (AvgIpc) is 3.26. The Morgan fingerprint density at radius 1 is 1.30 bits per heavy atom. The van der Waals surface area contributed by atoms with Crippen LogP contribution in [0.2, 0.25) is 0 Å². The van der Waals surface area contributed by atoms with Gasteiger partial charge in [0.1, 0.15) is 11.3 Å². The molecule has 0 atom stereocenters. The number of rotatable bonds is 4. The quantitative estimate of drug-likeness (QED) is 0.539. The Hall–Kier alpha value is -3.20. The van der Waals surface area contributed by atoms with Crippen LogP contribution >= 0.6 is 11.3 Å². The standard InChI is InChI=1S/C18H13F2N5OS/c1-24-6-5-22-16(24)17(26)25(10-11-3-2-4-21-9-11)18-23-15-13(20)7-12(19)8-14(15)27-18/h2-9H,10H2,1H3. The fourth-order valence-electron chi connectivity index (χ4n) is 2.65. The summed E-state index contributed by atoms with van der Waals surface area (Å²) in [5, 5.41) is 0.256. The molecular weight excluding hydrogens is 372 g/mol. The molecule has 1 amide bonds. The van der Waals surface area contributed by atoms with Gasteiger partial charge in [-0.25, -0.2) is 18.7 Å². The van der Waals surface area contributed by atoms with E-state index in [0.29, 0.717) is 4.70 Å². The molecule has 0 aliphatic carbocycles. The molecule has 3 aromatic heterocycles. The SMILES string of the molecule is Cn1ccnc1C(=O)N(Cc1cccnc1)c1nc2c(F)cc(F)cc2s1. The number of aryl methyl sites for hydroxylation is 1. The van der Waals surface area contributed by atoms with Crippen LogP contribution in [0.25, 0.3) is 10.2 Å². The van der Waals surface area contributed by atoms with Gasteiger partial charge in [0.2, 0.25) is 0 Å². The molecule has 0 radical (unpaired) electrons. The number of halogens is 2. The van der Waals surface area contributed by atoms with Gasteiger partial charge in [0, 0.05) is 37.9 Å². The number of nitrogens with zero attached hydrogens (tertiary/aromatic N) is 5. The minimum atomic E-state index is -0.765. The zero-order valence-corrected chi connectivity index (χ0v) is 15.0. The molecule has 0 N–H and O–H groups in total. The summed E-state index contributed by atoms with van der Waals surface area (Å²) in [7, 11) is 1.70. The number of carbonyl (C=O) groups excluding carboxylic acids is 1. The molecule has 1 aromatic carbocycles. The van der Waals surface area contributed by atoms with Crippen molar-refractivity contribution < 1.29 is 13.6 Å². The highest BCUT2D eigenvalue weighted by Crippen LogP contribution is 2.32. The topological polar surface area (TPSA) is 63.9 Å². The maximum Gasteiger partial charge on any atom is 0.296 e. The van der Waals surface area contributed by atoms with Crippen molar-refractivity contribution in [3.05, 3.63) is 72.1 Å². The maximum absolute atomic E-state index is 14.1. The van der Waals surface area contributed by atoms with Gasteiger partial charge < -0.3 is 4.57 Å². The maximum atomic E-state index is 14.1. The second-order valence-electron chi connectivity index (χ2n) is 5.85. The summed E-state index contributed by atoms with van der Waals surface area (Å²) in [4.78, 5) is 26.8. The number of hydrogen-bond donors (Lipinski definition) is 0. The largest absolute Gasteiger partial charge is 0.330 e. The van der Waals surface area contributed by atoms with Crippen molar-refractivity contribution in [1.29, 1.82) is 0 Å². The first-order chi connectivity index (χ1) is 13.0. The first kappa shape index (κ1) is 17.2. The van der Waals surface area contributed by atoms with Gasteiger partial charge in [0.15, 0.2) is 16.8 Å². The van der Waals surface area contributed by atoms with Crippen LogP contribution < -0.4 is 4.90 Å². The highest BCUT2D eigenvalue weighted by molar-refractivity contribution is 7.22. The number of fused-ring (bicyclic) bond motifs is 1. The van der Waals surface area contributed by atoms with Crippen molar-refractivity contribution in [3.8, 4) is 0 Å². The molecule has 4 rings (SSSR count). The molecule has 0 saturated heterocycles. The fourth-order valence-corrected chi connectivity index (χ4v) is 3.66. The van der Waals surface area contributed by atoms with Gasteiger partial charge in [-0.3, -0.25) is 14.7 Å². The Morgan fingerprint density at radius 2 is 2.15 bits per heavy atom. The Balaban J connectivity index is 1.81. The van der Waals surface area contributed by atoms with Gasteiger partial charge in [-0.05, 0) is 17.7 Å². The van der Waals surface area contributed by atoms with Gasteiger partial charge in [-0.2, -0.15) is 0 Å². The Morgan fingerprint density at radius 3 is 2.85 bits per heavy atom. The van der Waals surface area contributed by atoms with Gasteiger partial charge in [-0.1, -0.05) is 17.4 Å². The predicted octanol–water partition coefficient (Wildman–Crippen LogP) is 3.55. The molecule has 0 aliphatic rings. The average molecular weight is 385 g/mol. The van der Waals surface area contributed by atoms with E-state index in [1.54, 1.807) is 36.3 Å². The Kier molecular flexibility index (Phi) is 4.36. The fraction of sp³-hybridized carbons (Fsp3) is 0.111. The van der Waals surface area contributed by atoms with E-state index in [9.17, 15) is 13.6 Å². The van der Waals surface area contributed by atoms with Crippen LogP contribution in [0.1, 0.15) is 16.2 Å². The minimum Gasteiger partial charge on any atom is -0.330 e. The third-order valence-electron chi connectivity index (χ3n) is 3.95.